The van der Waals surface area contributed by atoms with Crippen molar-refractivity contribution in [1.82, 2.24) is 0 Å². The van der Waals surface area contributed by atoms with E-state index in [0.717, 1.165) is 6.07 Å². The third kappa shape index (κ3) is 5.25. The number of anilines is 1. The van der Waals surface area contributed by atoms with Gasteiger partial charge in [-0.15, -0.1) is 0 Å². The van der Waals surface area contributed by atoms with Crippen LogP contribution in [0.15, 0.2) is 42.5 Å². The Morgan fingerprint density at radius 3 is 2.43 bits per heavy atom. The molecule has 0 saturated heterocycles. The van der Waals surface area contributed by atoms with Crippen LogP contribution in [0.4, 0.5) is 18.9 Å². The number of nitrogens with one attached hydrogen (secondary N) is 1. The van der Waals surface area contributed by atoms with E-state index in [-0.39, 0.29) is 11.3 Å². The Hall–Kier alpha value is -2.55. The fraction of sp³-hybridized carbons (Fsp3) is 0.316. The lowest BCUT2D eigenvalue weighted by molar-refractivity contribution is -0.138. The van der Waals surface area contributed by atoms with Gasteiger partial charge in [0.05, 0.1) is 25.5 Å². The molecule has 2 aromatic carbocycles. The Morgan fingerprint density at radius 1 is 1.14 bits per heavy atom. The number of hydrogen-bond acceptors (Lipinski definition) is 4. The topological polar surface area (TPSA) is 64.6 Å². The second kappa shape index (κ2) is 9.09. The first-order chi connectivity index (χ1) is 13.2. The van der Waals surface area contributed by atoms with E-state index >= 15 is 0 Å². The van der Waals surface area contributed by atoms with Gasteiger partial charge < -0.3 is 14.8 Å². The van der Waals surface area contributed by atoms with E-state index in [1.807, 2.05) is 0 Å². The van der Waals surface area contributed by atoms with Crippen molar-refractivity contribution in [3.8, 4) is 11.5 Å². The van der Waals surface area contributed by atoms with Crippen molar-refractivity contribution in [1.29, 1.82) is 0 Å². The van der Waals surface area contributed by atoms with E-state index < -0.39 is 33.7 Å². The van der Waals surface area contributed by atoms with Gasteiger partial charge in [0.15, 0.2) is 0 Å². The third-order valence-electron chi connectivity index (χ3n) is 4.05. The molecule has 0 aliphatic carbocycles. The molecule has 0 radical (unpaired) electrons. The third-order valence-corrected chi connectivity index (χ3v) is 5.65. The number of ether oxygens (including phenoxy) is 2. The number of rotatable bonds is 7. The van der Waals surface area contributed by atoms with Gasteiger partial charge in [-0.1, -0.05) is 18.2 Å². The fourth-order valence-corrected chi connectivity index (χ4v) is 3.57. The van der Waals surface area contributed by atoms with E-state index in [0.29, 0.717) is 17.2 Å². The van der Waals surface area contributed by atoms with Gasteiger partial charge in [0.1, 0.15) is 16.7 Å². The zero-order chi connectivity index (χ0) is 20.9. The molecule has 0 saturated carbocycles. The molecule has 0 spiro atoms. The van der Waals surface area contributed by atoms with Gasteiger partial charge in [-0.3, -0.25) is 9.00 Å². The zero-order valence-electron chi connectivity index (χ0n) is 15.5. The second-order valence-electron chi connectivity index (χ2n) is 5.88. The lowest BCUT2D eigenvalue weighted by atomic mass is 10.1. The molecule has 28 heavy (non-hydrogen) atoms. The molecule has 2 aromatic rings. The number of hydrogen-bond donors (Lipinski definition) is 1. The average Bonchev–Trinajstić information content (AvgIpc) is 2.66. The van der Waals surface area contributed by atoms with Gasteiger partial charge in [-0.05, 0) is 30.7 Å². The second-order valence-corrected chi connectivity index (χ2v) is 7.63. The first-order valence-corrected chi connectivity index (χ1v) is 9.60. The summed E-state index contributed by atoms with van der Waals surface area (Å²) < 4.78 is 62.1. The van der Waals surface area contributed by atoms with Crippen molar-refractivity contribution in [2.45, 2.75) is 24.1 Å². The van der Waals surface area contributed by atoms with E-state index in [2.05, 4.69) is 5.32 Å². The van der Waals surface area contributed by atoms with Gasteiger partial charge >= 0.3 is 6.18 Å². The molecule has 0 fully saturated rings. The molecule has 0 bridgehead atoms. The summed E-state index contributed by atoms with van der Waals surface area (Å²) in [5, 5.41) is 1.54. The number of amides is 1. The monoisotopic (exact) mass is 415 g/mol. The van der Waals surface area contributed by atoms with Crippen molar-refractivity contribution < 1.29 is 31.6 Å². The summed E-state index contributed by atoms with van der Waals surface area (Å²) in [5.74, 6) is -0.146. The summed E-state index contributed by atoms with van der Waals surface area (Å²) in [6.07, 6.45) is -4.56. The maximum Gasteiger partial charge on any atom is 0.416 e. The molecule has 5 nitrogen and oxygen atoms in total. The normalized spacial score (nSPS) is 13.5. The van der Waals surface area contributed by atoms with E-state index in [1.165, 1.54) is 45.4 Å². The highest BCUT2D eigenvalue weighted by Gasteiger charge is 2.34. The number of alkyl halides is 3. The van der Waals surface area contributed by atoms with E-state index in [9.17, 15) is 22.2 Å². The van der Waals surface area contributed by atoms with Crippen molar-refractivity contribution in [3.63, 3.8) is 0 Å². The van der Waals surface area contributed by atoms with Gasteiger partial charge in [-0.25, -0.2) is 0 Å². The minimum absolute atomic E-state index is 0.119. The van der Waals surface area contributed by atoms with Crippen LogP contribution < -0.4 is 14.8 Å². The number of halogens is 3. The number of carbonyl (C=O) groups excluding carboxylic acids is 1. The summed E-state index contributed by atoms with van der Waals surface area (Å²) in [6.45, 7) is 1.40. The van der Waals surface area contributed by atoms with Gasteiger partial charge in [0.2, 0.25) is 5.91 Å². The smallest absolute Gasteiger partial charge is 0.416 e. The highest BCUT2D eigenvalue weighted by Crippen LogP contribution is 2.33. The van der Waals surface area contributed by atoms with Gasteiger partial charge in [-0.2, -0.15) is 13.2 Å². The summed E-state index contributed by atoms with van der Waals surface area (Å²) in [4.78, 5) is 12.5. The van der Waals surface area contributed by atoms with Crippen molar-refractivity contribution in [2.75, 3.05) is 19.5 Å². The molecular formula is C19H20F3NO4S. The fourth-order valence-electron chi connectivity index (χ4n) is 2.47. The van der Waals surface area contributed by atoms with Crippen LogP contribution in [0.2, 0.25) is 0 Å². The molecule has 0 aromatic heterocycles. The molecule has 1 amide bonds. The minimum Gasteiger partial charge on any atom is -0.497 e. The number of benzene rings is 2. The van der Waals surface area contributed by atoms with Crippen molar-refractivity contribution in [2.24, 2.45) is 0 Å². The lowest BCUT2D eigenvalue weighted by Gasteiger charge is -2.16. The quantitative estimate of drug-likeness (QED) is 0.743. The molecule has 0 heterocycles. The highest BCUT2D eigenvalue weighted by atomic mass is 32.2. The van der Waals surface area contributed by atoms with Crippen LogP contribution in [0.1, 0.15) is 18.1 Å². The molecule has 1 N–H and O–H groups in total. The maximum atomic E-state index is 13.1. The lowest BCUT2D eigenvalue weighted by Crippen LogP contribution is -2.30. The molecule has 2 rings (SSSR count). The molecule has 0 aliphatic heterocycles. The Kier molecular flexibility index (Phi) is 7.06. The predicted molar refractivity (Wildman–Crippen MR) is 101 cm³/mol. The first kappa shape index (κ1) is 21.7. The predicted octanol–water partition coefficient (Wildman–Crippen LogP) is 4.00. The van der Waals surface area contributed by atoms with E-state index in [1.54, 1.807) is 12.1 Å². The van der Waals surface area contributed by atoms with Crippen LogP contribution >= 0.6 is 0 Å². The SMILES string of the molecule is COc1ccc(OC)c(NC(=O)C(C)[S@](=O)Cc2ccccc2C(F)(F)F)c1. The Labute approximate surface area is 163 Å². The Balaban J connectivity index is 2.15. The zero-order valence-corrected chi connectivity index (χ0v) is 16.3. The largest absolute Gasteiger partial charge is 0.497 e. The molecular weight excluding hydrogens is 395 g/mol. The number of methoxy groups -OCH3 is 2. The van der Waals surface area contributed by atoms with Crippen LogP contribution in [-0.2, 0) is 27.5 Å². The van der Waals surface area contributed by atoms with Crippen LogP contribution in [0.25, 0.3) is 0 Å². The average molecular weight is 415 g/mol. The van der Waals surface area contributed by atoms with E-state index in [4.69, 9.17) is 9.47 Å². The molecule has 2 atom stereocenters. The van der Waals surface area contributed by atoms with Gasteiger partial charge in [0, 0.05) is 22.6 Å². The first-order valence-electron chi connectivity index (χ1n) is 8.22. The highest BCUT2D eigenvalue weighted by molar-refractivity contribution is 7.85. The van der Waals surface area contributed by atoms with Crippen LogP contribution in [-0.4, -0.2) is 29.6 Å². The molecule has 1 unspecified atom stereocenters. The number of carbonyl (C=O) groups is 1. The summed E-state index contributed by atoms with van der Waals surface area (Å²) in [5.41, 5.74) is -0.663. The summed E-state index contributed by atoms with van der Waals surface area (Å²) in [7, 11) is 1.02. The van der Waals surface area contributed by atoms with Crippen LogP contribution in [0.5, 0.6) is 11.5 Å². The van der Waals surface area contributed by atoms with Crippen molar-refractivity contribution in [3.05, 3.63) is 53.6 Å². The standard InChI is InChI=1S/C19H20F3NO4S/c1-12(18(24)23-16-10-14(26-2)8-9-17(16)27-3)28(25)11-13-6-4-5-7-15(13)19(20,21)22/h4-10,12H,11H2,1-3H3,(H,23,24)/t12?,28-/m1/s1. The molecule has 152 valence electrons. The van der Waals surface area contributed by atoms with Crippen molar-refractivity contribution >= 4 is 22.4 Å². The van der Waals surface area contributed by atoms with Gasteiger partial charge in [0.25, 0.3) is 0 Å². The molecule has 9 heteroatoms. The van der Waals surface area contributed by atoms with Crippen LogP contribution in [0.3, 0.4) is 0 Å². The summed E-state index contributed by atoms with van der Waals surface area (Å²) in [6, 6.07) is 9.66. The Morgan fingerprint density at radius 2 is 1.82 bits per heavy atom. The Bertz CT molecular complexity index is 870. The maximum absolute atomic E-state index is 13.1. The molecule has 0 aliphatic rings. The summed E-state index contributed by atoms with van der Waals surface area (Å²) >= 11 is 0. The van der Waals surface area contributed by atoms with Crippen LogP contribution in [0, 0.1) is 0 Å². The minimum atomic E-state index is -4.56.